The van der Waals surface area contributed by atoms with Crippen molar-refractivity contribution in [2.24, 2.45) is 0 Å². The summed E-state index contributed by atoms with van der Waals surface area (Å²) in [7, 11) is -3.64. The van der Waals surface area contributed by atoms with Gasteiger partial charge in [0.25, 0.3) is 0 Å². The van der Waals surface area contributed by atoms with Crippen LogP contribution in [0.5, 0.6) is 5.75 Å². The number of epoxide rings is 1. The first-order chi connectivity index (χ1) is 11.7. The summed E-state index contributed by atoms with van der Waals surface area (Å²) in [4.78, 5) is 0.645. The number of rotatable bonds is 5. The summed E-state index contributed by atoms with van der Waals surface area (Å²) in [5.74, 6) is 0.552. The van der Waals surface area contributed by atoms with Crippen LogP contribution in [0, 0.1) is 6.92 Å². The van der Waals surface area contributed by atoms with Gasteiger partial charge in [0, 0.05) is 0 Å². The third-order valence-corrected chi connectivity index (χ3v) is 6.23. The molecule has 2 aromatic rings. The fraction of sp³-hybridized carbons (Fsp3) is 0.400. The lowest BCUT2D eigenvalue weighted by Crippen LogP contribution is -2.18. The molecule has 0 aliphatic carbocycles. The van der Waals surface area contributed by atoms with Crippen LogP contribution in [0.1, 0.15) is 31.9 Å². The Bertz CT molecular complexity index is 875. The van der Waals surface area contributed by atoms with Crippen LogP contribution in [0.25, 0.3) is 0 Å². The Kier molecular flexibility index (Phi) is 4.64. The zero-order chi connectivity index (χ0) is 18.2. The molecule has 0 amide bonds. The van der Waals surface area contributed by atoms with Crippen LogP contribution in [0.15, 0.2) is 52.3 Å². The second-order valence-corrected chi connectivity index (χ2v) is 9.33. The monoisotopic (exact) mass is 360 g/mol. The largest absolute Gasteiger partial charge is 0.491 e. The van der Waals surface area contributed by atoms with Gasteiger partial charge in [0.2, 0.25) is 9.84 Å². The van der Waals surface area contributed by atoms with Gasteiger partial charge in [-0.05, 0) is 41.7 Å². The molecule has 2 aromatic carbocycles. The third-order valence-electron chi connectivity index (χ3n) is 4.27. The highest BCUT2D eigenvalue weighted by atomic mass is 32.2. The van der Waals surface area contributed by atoms with Gasteiger partial charge in [-0.3, -0.25) is 0 Å². The molecule has 0 saturated carbocycles. The van der Waals surface area contributed by atoms with Crippen LogP contribution in [-0.4, -0.2) is 27.7 Å². The molecule has 1 fully saturated rings. The van der Waals surface area contributed by atoms with Gasteiger partial charge in [-0.2, -0.15) is 0 Å². The summed E-state index contributed by atoms with van der Waals surface area (Å²) >= 11 is 0. The third kappa shape index (κ3) is 3.88. The summed E-state index contributed by atoms with van der Waals surface area (Å²) in [6, 6.07) is 12.4. The van der Waals surface area contributed by atoms with Crippen molar-refractivity contribution >= 4 is 9.84 Å². The lowest BCUT2D eigenvalue weighted by atomic mass is 9.87. The van der Waals surface area contributed by atoms with Crippen LogP contribution in [0.4, 0.5) is 0 Å². The van der Waals surface area contributed by atoms with Crippen LogP contribution < -0.4 is 4.74 Å². The Labute approximate surface area is 149 Å². The molecule has 0 aromatic heterocycles. The van der Waals surface area contributed by atoms with Crippen molar-refractivity contribution in [3.05, 3.63) is 53.6 Å². The van der Waals surface area contributed by atoms with Crippen LogP contribution in [-0.2, 0) is 20.0 Å². The molecule has 3 rings (SSSR count). The van der Waals surface area contributed by atoms with Gasteiger partial charge < -0.3 is 9.47 Å². The lowest BCUT2D eigenvalue weighted by Gasteiger charge is -2.24. The van der Waals surface area contributed by atoms with E-state index in [0.29, 0.717) is 28.8 Å². The van der Waals surface area contributed by atoms with Gasteiger partial charge in [-0.25, -0.2) is 8.42 Å². The van der Waals surface area contributed by atoms with E-state index >= 15 is 0 Å². The Morgan fingerprint density at radius 3 is 2.40 bits per heavy atom. The van der Waals surface area contributed by atoms with E-state index in [9.17, 15) is 8.42 Å². The summed E-state index contributed by atoms with van der Waals surface area (Å²) in [6.45, 7) is 8.99. The number of benzene rings is 2. The molecule has 0 N–H and O–H groups in total. The molecular weight excluding hydrogens is 336 g/mol. The summed E-state index contributed by atoms with van der Waals surface area (Å²) in [6.07, 6.45) is 0.124. The molecule has 1 heterocycles. The van der Waals surface area contributed by atoms with Crippen molar-refractivity contribution in [2.75, 3.05) is 13.2 Å². The molecule has 0 bridgehead atoms. The number of hydrogen-bond acceptors (Lipinski definition) is 4. The fourth-order valence-corrected chi connectivity index (χ4v) is 4.69. The minimum atomic E-state index is -3.64. The van der Waals surface area contributed by atoms with Crippen LogP contribution in [0.3, 0.4) is 0 Å². The molecule has 4 nitrogen and oxygen atoms in total. The predicted molar refractivity (Wildman–Crippen MR) is 97.0 cm³/mol. The molecule has 134 valence electrons. The van der Waals surface area contributed by atoms with Gasteiger partial charge in [-0.15, -0.1) is 0 Å². The van der Waals surface area contributed by atoms with Crippen molar-refractivity contribution < 1.29 is 17.9 Å². The van der Waals surface area contributed by atoms with E-state index in [0.717, 1.165) is 11.1 Å². The van der Waals surface area contributed by atoms with Crippen molar-refractivity contribution in [1.82, 2.24) is 0 Å². The minimum absolute atomic E-state index is 0.124. The lowest BCUT2D eigenvalue weighted by molar-refractivity contribution is 0.262. The smallest absolute Gasteiger partial charge is 0.207 e. The summed E-state index contributed by atoms with van der Waals surface area (Å²) in [5.41, 5.74) is 1.22. The standard InChI is InChI=1S/C20H24O4S/c1-14-7-5-6-8-18(14)25(21,22)19-11-15(23-12-16-13-24-16)9-10-17(19)20(2,3)4/h5-11,16H,12-13H2,1-4H3. The normalized spacial score (nSPS) is 17.4. The first-order valence-electron chi connectivity index (χ1n) is 8.39. The molecule has 1 atom stereocenters. The fourth-order valence-electron chi connectivity index (χ4n) is 2.76. The van der Waals surface area contributed by atoms with Crippen molar-refractivity contribution in [3.63, 3.8) is 0 Å². The maximum Gasteiger partial charge on any atom is 0.207 e. The molecule has 1 saturated heterocycles. The maximum absolute atomic E-state index is 13.3. The number of hydrogen-bond donors (Lipinski definition) is 0. The van der Waals surface area contributed by atoms with E-state index in [1.807, 2.05) is 52.0 Å². The first kappa shape index (κ1) is 18.0. The SMILES string of the molecule is Cc1ccccc1S(=O)(=O)c1cc(OCC2CO2)ccc1C(C)(C)C. The molecule has 1 aliphatic rings. The van der Waals surface area contributed by atoms with E-state index in [-0.39, 0.29) is 11.5 Å². The second-order valence-electron chi connectivity index (χ2n) is 7.44. The van der Waals surface area contributed by atoms with Gasteiger partial charge in [0.1, 0.15) is 18.5 Å². The Balaban J connectivity index is 2.10. The van der Waals surface area contributed by atoms with Crippen molar-refractivity contribution in [1.29, 1.82) is 0 Å². The highest BCUT2D eigenvalue weighted by Crippen LogP contribution is 2.35. The van der Waals surface area contributed by atoms with Gasteiger partial charge in [0.15, 0.2) is 0 Å². The summed E-state index contributed by atoms with van der Waals surface area (Å²) < 4.78 is 37.5. The number of sulfone groups is 1. The highest BCUT2D eigenvalue weighted by molar-refractivity contribution is 7.91. The van der Waals surface area contributed by atoms with E-state index in [1.165, 1.54) is 0 Å². The zero-order valence-electron chi connectivity index (χ0n) is 15.1. The topological polar surface area (TPSA) is 55.9 Å². The molecule has 5 heteroatoms. The van der Waals surface area contributed by atoms with E-state index in [1.54, 1.807) is 18.2 Å². The van der Waals surface area contributed by atoms with Crippen molar-refractivity contribution in [3.8, 4) is 5.75 Å². The maximum atomic E-state index is 13.3. The molecular formula is C20H24O4S. The number of aryl methyl sites for hydroxylation is 1. The highest BCUT2D eigenvalue weighted by Gasteiger charge is 2.29. The predicted octanol–water partition coefficient (Wildman–Crippen LogP) is 3.90. The Hall–Kier alpha value is -1.85. The van der Waals surface area contributed by atoms with Gasteiger partial charge >= 0.3 is 0 Å². The van der Waals surface area contributed by atoms with E-state index in [4.69, 9.17) is 9.47 Å². The van der Waals surface area contributed by atoms with Gasteiger partial charge in [-0.1, -0.05) is 45.0 Å². The van der Waals surface area contributed by atoms with E-state index in [2.05, 4.69) is 0 Å². The van der Waals surface area contributed by atoms with Crippen molar-refractivity contribution in [2.45, 2.75) is 49.0 Å². The molecule has 0 radical (unpaired) electrons. The molecule has 25 heavy (non-hydrogen) atoms. The van der Waals surface area contributed by atoms with E-state index < -0.39 is 9.84 Å². The summed E-state index contributed by atoms with van der Waals surface area (Å²) in [5, 5.41) is 0. The Morgan fingerprint density at radius 2 is 1.80 bits per heavy atom. The first-order valence-corrected chi connectivity index (χ1v) is 9.87. The molecule has 0 spiro atoms. The molecule has 1 aliphatic heterocycles. The Morgan fingerprint density at radius 1 is 1.12 bits per heavy atom. The van der Waals surface area contributed by atoms with Gasteiger partial charge in [0.05, 0.1) is 16.4 Å². The molecule has 1 unspecified atom stereocenters. The average Bonchev–Trinajstić information content (AvgIpc) is 3.36. The minimum Gasteiger partial charge on any atom is -0.491 e. The average molecular weight is 360 g/mol. The second kappa shape index (κ2) is 6.46. The van der Waals surface area contributed by atoms with Crippen LogP contribution >= 0.6 is 0 Å². The zero-order valence-corrected chi connectivity index (χ0v) is 15.9. The number of ether oxygens (including phenoxy) is 2. The van der Waals surface area contributed by atoms with Crippen LogP contribution in [0.2, 0.25) is 0 Å². The quantitative estimate of drug-likeness (QED) is 0.759.